The van der Waals surface area contributed by atoms with Gasteiger partial charge in [0.05, 0.1) is 30.8 Å². The van der Waals surface area contributed by atoms with Gasteiger partial charge in [-0.3, -0.25) is 4.99 Å². The van der Waals surface area contributed by atoms with E-state index in [1.54, 1.807) is 0 Å². The van der Waals surface area contributed by atoms with Gasteiger partial charge in [0.25, 0.3) is 0 Å². The molecule has 0 spiro atoms. The third kappa shape index (κ3) is 2.61. The van der Waals surface area contributed by atoms with Crippen LogP contribution in [0.25, 0.3) is 0 Å². The van der Waals surface area contributed by atoms with E-state index < -0.39 is 0 Å². The Morgan fingerprint density at radius 2 is 2.29 bits per heavy atom. The molecule has 1 aromatic heterocycles. The SMILES string of the molecule is CCCn1cncc1C1CN=C(N)N1c1cccc(Cl)c1. The van der Waals surface area contributed by atoms with Gasteiger partial charge >= 0.3 is 0 Å². The van der Waals surface area contributed by atoms with Crippen LogP contribution in [0.5, 0.6) is 0 Å². The van der Waals surface area contributed by atoms with Crippen LogP contribution in [0.4, 0.5) is 5.69 Å². The first-order valence-electron chi connectivity index (χ1n) is 7.05. The maximum Gasteiger partial charge on any atom is 0.196 e. The second kappa shape index (κ2) is 5.77. The second-order valence-electron chi connectivity index (χ2n) is 5.08. The van der Waals surface area contributed by atoms with Crippen molar-refractivity contribution in [3.63, 3.8) is 0 Å². The number of nitrogens with zero attached hydrogens (tertiary/aromatic N) is 4. The summed E-state index contributed by atoms with van der Waals surface area (Å²) in [7, 11) is 0. The van der Waals surface area contributed by atoms with Gasteiger partial charge in [0, 0.05) is 17.3 Å². The quantitative estimate of drug-likeness (QED) is 0.945. The highest BCUT2D eigenvalue weighted by Gasteiger charge is 2.31. The Hall–Kier alpha value is -2.01. The van der Waals surface area contributed by atoms with Crippen LogP contribution in [0.1, 0.15) is 25.1 Å². The number of hydrogen-bond donors (Lipinski definition) is 1. The third-order valence-corrected chi connectivity index (χ3v) is 3.86. The molecule has 1 atom stereocenters. The standard InChI is InChI=1S/C15H18ClN5/c1-2-6-20-10-18-8-13(20)14-9-19-15(17)21(14)12-5-3-4-11(16)7-12/h3-5,7-8,10,14H,2,6,9H2,1H3,(H2,17,19). The minimum atomic E-state index is 0.0671. The van der Waals surface area contributed by atoms with Gasteiger partial charge in [0.15, 0.2) is 5.96 Å². The lowest BCUT2D eigenvalue weighted by molar-refractivity contribution is 0.606. The van der Waals surface area contributed by atoms with E-state index in [1.807, 2.05) is 41.7 Å². The predicted molar refractivity (Wildman–Crippen MR) is 85.7 cm³/mol. The Morgan fingerprint density at radius 1 is 1.43 bits per heavy atom. The van der Waals surface area contributed by atoms with Crippen molar-refractivity contribution in [3.8, 4) is 0 Å². The van der Waals surface area contributed by atoms with Crippen molar-refractivity contribution in [1.82, 2.24) is 9.55 Å². The molecule has 0 saturated heterocycles. The Morgan fingerprint density at radius 3 is 3.05 bits per heavy atom. The minimum Gasteiger partial charge on any atom is -0.369 e. The summed E-state index contributed by atoms with van der Waals surface area (Å²) in [5, 5.41) is 0.688. The summed E-state index contributed by atoms with van der Waals surface area (Å²) in [4.78, 5) is 10.7. The molecule has 0 radical (unpaired) electrons. The van der Waals surface area contributed by atoms with E-state index in [4.69, 9.17) is 17.3 Å². The van der Waals surface area contributed by atoms with E-state index in [0.717, 1.165) is 24.3 Å². The van der Waals surface area contributed by atoms with Gasteiger partial charge in [0.2, 0.25) is 0 Å². The zero-order chi connectivity index (χ0) is 14.8. The van der Waals surface area contributed by atoms with Crippen LogP contribution in [-0.2, 0) is 6.54 Å². The molecule has 0 fully saturated rings. The molecule has 1 aromatic carbocycles. The number of aryl methyl sites for hydroxylation is 1. The van der Waals surface area contributed by atoms with E-state index in [-0.39, 0.29) is 6.04 Å². The van der Waals surface area contributed by atoms with E-state index >= 15 is 0 Å². The van der Waals surface area contributed by atoms with Crippen LogP contribution in [-0.4, -0.2) is 22.1 Å². The third-order valence-electron chi connectivity index (χ3n) is 3.62. The first-order chi connectivity index (χ1) is 10.2. The van der Waals surface area contributed by atoms with Crippen LogP contribution < -0.4 is 10.6 Å². The van der Waals surface area contributed by atoms with Gasteiger partial charge in [-0.15, -0.1) is 0 Å². The molecular formula is C15H18ClN5. The van der Waals surface area contributed by atoms with E-state index in [2.05, 4.69) is 21.5 Å². The van der Waals surface area contributed by atoms with Crippen molar-refractivity contribution in [2.45, 2.75) is 25.9 Å². The fraction of sp³-hybridized carbons (Fsp3) is 0.333. The lowest BCUT2D eigenvalue weighted by Crippen LogP contribution is -2.36. The molecule has 21 heavy (non-hydrogen) atoms. The van der Waals surface area contributed by atoms with Crippen molar-refractivity contribution < 1.29 is 0 Å². The molecule has 2 aromatic rings. The number of aliphatic imine (C=N–C) groups is 1. The minimum absolute atomic E-state index is 0.0671. The molecule has 6 heteroatoms. The second-order valence-corrected chi connectivity index (χ2v) is 5.51. The van der Waals surface area contributed by atoms with E-state index in [1.165, 1.54) is 0 Å². The summed E-state index contributed by atoms with van der Waals surface area (Å²) in [5.41, 5.74) is 8.16. The topological polar surface area (TPSA) is 59.4 Å². The van der Waals surface area contributed by atoms with Crippen LogP contribution >= 0.6 is 11.6 Å². The largest absolute Gasteiger partial charge is 0.369 e. The Kier molecular flexibility index (Phi) is 3.84. The van der Waals surface area contributed by atoms with Gasteiger partial charge in [-0.05, 0) is 24.6 Å². The molecule has 0 saturated carbocycles. The maximum atomic E-state index is 6.10. The molecule has 0 bridgehead atoms. The highest BCUT2D eigenvalue weighted by atomic mass is 35.5. The molecule has 0 aliphatic carbocycles. The smallest absolute Gasteiger partial charge is 0.196 e. The van der Waals surface area contributed by atoms with Gasteiger partial charge in [0.1, 0.15) is 0 Å². The number of aromatic nitrogens is 2. The normalized spacial score (nSPS) is 18.1. The molecular weight excluding hydrogens is 286 g/mol. The van der Waals surface area contributed by atoms with Gasteiger partial charge < -0.3 is 15.2 Å². The number of benzene rings is 1. The molecule has 1 unspecified atom stereocenters. The number of hydrogen-bond acceptors (Lipinski definition) is 4. The van der Waals surface area contributed by atoms with Gasteiger partial charge in [-0.1, -0.05) is 24.6 Å². The monoisotopic (exact) mass is 303 g/mol. The molecule has 2 N–H and O–H groups in total. The fourth-order valence-electron chi connectivity index (χ4n) is 2.70. The Bertz CT molecular complexity index is 664. The fourth-order valence-corrected chi connectivity index (χ4v) is 2.88. The number of rotatable bonds is 4. The number of imidazole rings is 1. The van der Waals surface area contributed by atoms with E-state index in [0.29, 0.717) is 17.5 Å². The van der Waals surface area contributed by atoms with Crippen molar-refractivity contribution >= 4 is 23.2 Å². The molecule has 1 aliphatic heterocycles. The summed E-state index contributed by atoms with van der Waals surface area (Å²) in [5.74, 6) is 0.520. The van der Waals surface area contributed by atoms with Crippen molar-refractivity contribution in [2.75, 3.05) is 11.4 Å². The number of guanidine groups is 1. The van der Waals surface area contributed by atoms with Gasteiger partial charge in [-0.25, -0.2) is 4.98 Å². The van der Waals surface area contributed by atoms with Crippen LogP contribution in [0.2, 0.25) is 5.02 Å². The summed E-state index contributed by atoms with van der Waals surface area (Å²) < 4.78 is 2.16. The van der Waals surface area contributed by atoms with Crippen LogP contribution in [0.15, 0.2) is 41.8 Å². The van der Waals surface area contributed by atoms with E-state index in [9.17, 15) is 0 Å². The lowest BCUT2D eigenvalue weighted by atomic mass is 10.1. The van der Waals surface area contributed by atoms with Crippen LogP contribution in [0.3, 0.4) is 0 Å². The predicted octanol–water partition coefficient (Wildman–Crippen LogP) is 2.82. The van der Waals surface area contributed by atoms with Crippen molar-refractivity contribution in [3.05, 3.63) is 47.5 Å². The molecule has 1 aliphatic rings. The van der Waals surface area contributed by atoms with Crippen LogP contribution in [0, 0.1) is 0 Å². The highest BCUT2D eigenvalue weighted by Crippen LogP contribution is 2.32. The molecule has 5 nitrogen and oxygen atoms in total. The maximum absolute atomic E-state index is 6.10. The lowest BCUT2D eigenvalue weighted by Gasteiger charge is -2.27. The summed E-state index contributed by atoms with van der Waals surface area (Å²) in [6, 6.07) is 7.74. The van der Waals surface area contributed by atoms with Crippen molar-refractivity contribution in [1.29, 1.82) is 0 Å². The molecule has 0 amide bonds. The molecule has 2 heterocycles. The van der Waals surface area contributed by atoms with Gasteiger partial charge in [-0.2, -0.15) is 0 Å². The molecule has 110 valence electrons. The summed E-state index contributed by atoms with van der Waals surface area (Å²) in [6.07, 6.45) is 4.82. The molecule has 3 rings (SSSR count). The Balaban J connectivity index is 1.97. The average Bonchev–Trinajstić information content (AvgIpc) is 3.05. The van der Waals surface area contributed by atoms with Crippen molar-refractivity contribution in [2.24, 2.45) is 10.7 Å². The summed E-state index contributed by atoms with van der Waals surface area (Å²) >= 11 is 6.10. The first-order valence-corrected chi connectivity index (χ1v) is 7.43. The Labute approximate surface area is 129 Å². The first kappa shape index (κ1) is 13.9. The summed E-state index contributed by atoms with van der Waals surface area (Å²) in [6.45, 7) is 3.72. The highest BCUT2D eigenvalue weighted by molar-refractivity contribution is 6.30. The number of halogens is 1. The number of nitrogens with two attached hydrogens (primary N) is 1. The number of anilines is 1. The average molecular weight is 304 g/mol. The zero-order valence-electron chi connectivity index (χ0n) is 11.9. The zero-order valence-corrected chi connectivity index (χ0v) is 12.7.